The van der Waals surface area contributed by atoms with Gasteiger partial charge in [0, 0.05) is 27.4 Å². The lowest BCUT2D eigenvalue weighted by Gasteiger charge is -2.15. The summed E-state index contributed by atoms with van der Waals surface area (Å²) in [5, 5.41) is 7.00. The van der Waals surface area contributed by atoms with Crippen LogP contribution in [0.4, 0.5) is 0 Å². The van der Waals surface area contributed by atoms with E-state index in [0.717, 1.165) is 26.7 Å². The smallest absolute Gasteiger partial charge is 0.0474 e. The maximum atomic E-state index is 7.00. The molecular weight excluding hydrogens is 166 g/mol. The average Bonchev–Trinajstić information content (AvgIpc) is 2.18. The monoisotopic (exact) mass is 191 g/mol. The summed E-state index contributed by atoms with van der Waals surface area (Å²) in [5.74, 6) is 0. The first kappa shape index (κ1) is 15.4. The highest BCUT2D eigenvalue weighted by atomic mass is 16.5. The molecule has 0 aromatic heterocycles. The summed E-state index contributed by atoms with van der Waals surface area (Å²) >= 11 is 0. The van der Waals surface area contributed by atoms with E-state index in [1.54, 1.807) is 7.11 Å². The molecule has 0 aliphatic heterocycles. The lowest BCUT2D eigenvalue weighted by molar-refractivity contribution is 0.179. The minimum absolute atomic E-state index is 0.885. The third-order valence-electron chi connectivity index (χ3n) is 1.78. The first-order chi connectivity index (χ1) is 6.31. The van der Waals surface area contributed by atoms with Gasteiger partial charge < -0.3 is 14.7 Å². The third kappa shape index (κ3) is 14.7. The molecule has 0 aliphatic carbocycles. The van der Waals surface area contributed by atoms with Crippen molar-refractivity contribution in [1.82, 2.24) is 4.90 Å². The molecule has 13 heavy (non-hydrogen) atoms. The molecule has 0 saturated carbocycles. The SMILES string of the molecule is CCCCN(C)CCCOC.CO. The Kier molecular flexibility index (Phi) is 17.0. The van der Waals surface area contributed by atoms with Gasteiger partial charge in [-0.15, -0.1) is 0 Å². The highest BCUT2D eigenvalue weighted by molar-refractivity contribution is 4.50. The fourth-order valence-electron chi connectivity index (χ4n) is 1.02. The molecule has 0 fully saturated rings. The summed E-state index contributed by atoms with van der Waals surface area (Å²) < 4.78 is 4.97. The topological polar surface area (TPSA) is 32.7 Å². The Morgan fingerprint density at radius 1 is 1.15 bits per heavy atom. The zero-order valence-electron chi connectivity index (χ0n) is 9.55. The second kappa shape index (κ2) is 14.4. The van der Waals surface area contributed by atoms with E-state index < -0.39 is 0 Å². The summed E-state index contributed by atoms with van der Waals surface area (Å²) in [6.07, 6.45) is 3.74. The highest BCUT2D eigenvalue weighted by Crippen LogP contribution is 1.93. The van der Waals surface area contributed by atoms with Crippen molar-refractivity contribution in [2.24, 2.45) is 0 Å². The molecule has 0 aliphatic rings. The number of aliphatic hydroxyl groups is 1. The first-order valence-electron chi connectivity index (χ1n) is 4.93. The van der Waals surface area contributed by atoms with E-state index in [4.69, 9.17) is 9.84 Å². The number of nitrogens with zero attached hydrogens (tertiary/aromatic N) is 1. The fourth-order valence-corrected chi connectivity index (χ4v) is 1.02. The van der Waals surface area contributed by atoms with E-state index in [0.29, 0.717) is 0 Å². The number of aliphatic hydroxyl groups excluding tert-OH is 1. The average molecular weight is 191 g/mol. The van der Waals surface area contributed by atoms with Crippen LogP contribution in [0.1, 0.15) is 26.2 Å². The lowest BCUT2D eigenvalue weighted by Crippen LogP contribution is -2.21. The number of methoxy groups -OCH3 is 1. The van der Waals surface area contributed by atoms with Gasteiger partial charge in [-0.1, -0.05) is 13.3 Å². The second-order valence-corrected chi connectivity index (χ2v) is 3.00. The molecule has 0 aromatic rings. The van der Waals surface area contributed by atoms with Gasteiger partial charge in [0.05, 0.1) is 0 Å². The van der Waals surface area contributed by atoms with Crippen molar-refractivity contribution in [3.63, 3.8) is 0 Å². The molecule has 0 bridgehead atoms. The van der Waals surface area contributed by atoms with Gasteiger partial charge in [0.15, 0.2) is 0 Å². The van der Waals surface area contributed by atoms with E-state index in [2.05, 4.69) is 18.9 Å². The summed E-state index contributed by atoms with van der Waals surface area (Å²) in [7, 11) is 4.93. The van der Waals surface area contributed by atoms with Gasteiger partial charge in [-0.25, -0.2) is 0 Å². The molecule has 3 nitrogen and oxygen atoms in total. The Bertz CT molecular complexity index is 79.3. The maximum Gasteiger partial charge on any atom is 0.0474 e. The molecule has 3 heteroatoms. The summed E-state index contributed by atoms with van der Waals surface area (Å²) in [4.78, 5) is 2.36. The van der Waals surface area contributed by atoms with Gasteiger partial charge in [0.1, 0.15) is 0 Å². The van der Waals surface area contributed by atoms with Crippen LogP contribution in [-0.4, -0.2) is 51.0 Å². The van der Waals surface area contributed by atoms with Crippen LogP contribution in [0.2, 0.25) is 0 Å². The maximum absolute atomic E-state index is 7.00. The van der Waals surface area contributed by atoms with Crippen LogP contribution in [0.15, 0.2) is 0 Å². The van der Waals surface area contributed by atoms with E-state index in [1.165, 1.54) is 19.4 Å². The Labute approximate surface area is 82.7 Å². The van der Waals surface area contributed by atoms with E-state index >= 15 is 0 Å². The predicted molar refractivity (Wildman–Crippen MR) is 57.0 cm³/mol. The molecular formula is C10H25NO2. The quantitative estimate of drug-likeness (QED) is 0.617. The molecule has 0 heterocycles. The van der Waals surface area contributed by atoms with Crippen molar-refractivity contribution >= 4 is 0 Å². The predicted octanol–water partition coefficient (Wildman–Crippen LogP) is 1.36. The van der Waals surface area contributed by atoms with Crippen molar-refractivity contribution < 1.29 is 9.84 Å². The van der Waals surface area contributed by atoms with E-state index in [9.17, 15) is 0 Å². The van der Waals surface area contributed by atoms with Crippen LogP contribution in [0.5, 0.6) is 0 Å². The molecule has 0 radical (unpaired) electrons. The molecule has 0 atom stereocenters. The van der Waals surface area contributed by atoms with Gasteiger partial charge in [-0.2, -0.15) is 0 Å². The van der Waals surface area contributed by atoms with Gasteiger partial charge in [-0.05, 0) is 26.4 Å². The Morgan fingerprint density at radius 3 is 2.15 bits per heavy atom. The third-order valence-corrected chi connectivity index (χ3v) is 1.78. The first-order valence-corrected chi connectivity index (χ1v) is 4.93. The fraction of sp³-hybridized carbons (Fsp3) is 1.00. The number of ether oxygens (including phenoxy) is 1. The van der Waals surface area contributed by atoms with E-state index in [1.807, 2.05) is 0 Å². The number of hydrogen-bond acceptors (Lipinski definition) is 3. The standard InChI is InChI=1S/C9H21NO.CH4O/c1-4-5-7-10(2)8-6-9-11-3;1-2/h4-9H2,1-3H3;2H,1H3. The van der Waals surface area contributed by atoms with Crippen molar-refractivity contribution in [2.75, 3.05) is 41.0 Å². The van der Waals surface area contributed by atoms with E-state index in [-0.39, 0.29) is 0 Å². The van der Waals surface area contributed by atoms with Crippen LogP contribution in [0.3, 0.4) is 0 Å². The second-order valence-electron chi connectivity index (χ2n) is 3.00. The van der Waals surface area contributed by atoms with Gasteiger partial charge >= 0.3 is 0 Å². The van der Waals surface area contributed by atoms with Crippen molar-refractivity contribution in [3.05, 3.63) is 0 Å². The van der Waals surface area contributed by atoms with Crippen molar-refractivity contribution in [3.8, 4) is 0 Å². The molecule has 82 valence electrons. The van der Waals surface area contributed by atoms with Crippen LogP contribution >= 0.6 is 0 Å². The van der Waals surface area contributed by atoms with Crippen LogP contribution in [0, 0.1) is 0 Å². The Morgan fingerprint density at radius 2 is 1.69 bits per heavy atom. The largest absolute Gasteiger partial charge is 0.400 e. The van der Waals surface area contributed by atoms with Crippen molar-refractivity contribution in [2.45, 2.75) is 26.2 Å². The summed E-state index contributed by atoms with van der Waals surface area (Å²) in [6.45, 7) is 5.49. The summed E-state index contributed by atoms with van der Waals surface area (Å²) in [5.41, 5.74) is 0. The van der Waals surface area contributed by atoms with Crippen molar-refractivity contribution in [1.29, 1.82) is 0 Å². The minimum atomic E-state index is 0.885. The minimum Gasteiger partial charge on any atom is -0.400 e. The molecule has 0 rings (SSSR count). The van der Waals surface area contributed by atoms with Crippen LogP contribution < -0.4 is 0 Å². The normalized spacial score (nSPS) is 9.69. The summed E-state index contributed by atoms with van der Waals surface area (Å²) in [6, 6.07) is 0. The zero-order valence-corrected chi connectivity index (χ0v) is 9.55. The number of hydrogen-bond donors (Lipinski definition) is 1. The molecule has 0 amide bonds. The number of unbranched alkanes of at least 4 members (excludes halogenated alkanes) is 1. The zero-order chi connectivity index (χ0) is 10.5. The molecule has 1 N–H and O–H groups in total. The van der Waals surface area contributed by atoms with Crippen LogP contribution in [-0.2, 0) is 4.74 Å². The van der Waals surface area contributed by atoms with Gasteiger partial charge in [0.2, 0.25) is 0 Å². The van der Waals surface area contributed by atoms with Gasteiger partial charge in [0.25, 0.3) is 0 Å². The molecule has 0 unspecified atom stereocenters. The molecule has 0 saturated heterocycles. The molecule has 0 aromatic carbocycles. The Balaban J connectivity index is 0. The van der Waals surface area contributed by atoms with Gasteiger partial charge in [-0.3, -0.25) is 0 Å². The number of rotatable bonds is 7. The Hall–Kier alpha value is -0.120. The highest BCUT2D eigenvalue weighted by Gasteiger charge is 1.95. The lowest BCUT2D eigenvalue weighted by atomic mass is 10.3. The molecule has 0 spiro atoms. The van der Waals surface area contributed by atoms with Crippen LogP contribution in [0.25, 0.3) is 0 Å².